The molecule has 1 N–H and O–H groups in total. The Kier molecular flexibility index (Phi) is 5.59. The Morgan fingerprint density at radius 2 is 1.76 bits per heavy atom. The molecule has 2 unspecified atom stereocenters. The molecule has 4 rings (SSSR count). The van der Waals surface area contributed by atoms with Gasteiger partial charge in [0, 0.05) is 5.39 Å². The lowest BCUT2D eigenvalue weighted by atomic mass is 10.0. The molecule has 2 heterocycles. The van der Waals surface area contributed by atoms with E-state index in [1.54, 1.807) is 6.92 Å². The first kappa shape index (κ1) is 22.7. The van der Waals surface area contributed by atoms with Crippen LogP contribution < -0.4 is 5.32 Å². The van der Waals surface area contributed by atoms with Crippen LogP contribution in [0.5, 0.6) is 0 Å². The van der Waals surface area contributed by atoms with E-state index < -0.39 is 41.4 Å². The Morgan fingerprint density at radius 3 is 2.33 bits per heavy atom. The zero-order valence-electron chi connectivity index (χ0n) is 17.0. The molecule has 0 spiro atoms. The summed E-state index contributed by atoms with van der Waals surface area (Å²) in [6, 6.07) is 7.52. The van der Waals surface area contributed by atoms with Crippen LogP contribution in [-0.4, -0.2) is 21.8 Å². The van der Waals surface area contributed by atoms with Crippen molar-refractivity contribution in [3.05, 3.63) is 71.5 Å². The maximum atomic E-state index is 13.7. The fraction of sp³-hybridized carbons (Fsp3) is 0.273. The maximum absolute atomic E-state index is 13.7. The van der Waals surface area contributed by atoms with Gasteiger partial charge in [-0.1, -0.05) is 18.2 Å². The van der Waals surface area contributed by atoms with E-state index in [2.05, 4.69) is 10.4 Å². The van der Waals surface area contributed by atoms with E-state index >= 15 is 0 Å². The van der Waals surface area contributed by atoms with E-state index in [0.717, 1.165) is 22.9 Å². The summed E-state index contributed by atoms with van der Waals surface area (Å²) in [7, 11) is 0. The number of aromatic nitrogens is 2. The number of anilines is 1. The first-order valence-electron chi connectivity index (χ1n) is 9.81. The van der Waals surface area contributed by atoms with Crippen LogP contribution in [0, 0.1) is 5.92 Å². The summed E-state index contributed by atoms with van der Waals surface area (Å²) >= 11 is 0. The van der Waals surface area contributed by atoms with Crippen LogP contribution in [0.2, 0.25) is 0 Å². The zero-order chi connectivity index (χ0) is 24.0. The van der Waals surface area contributed by atoms with Crippen LogP contribution in [-0.2, 0) is 28.4 Å². The number of ether oxygens (including phenoxy) is 1. The van der Waals surface area contributed by atoms with Crippen LogP contribution in [0.15, 0.2) is 54.8 Å². The number of nitrogens with one attached hydrogen (secondary N) is 1. The van der Waals surface area contributed by atoms with Crippen molar-refractivity contribution in [2.45, 2.75) is 31.9 Å². The second-order valence-corrected chi connectivity index (χ2v) is 7.59. The highest BCUT2D eigenvalue weighted by atomic mass is 19.4. The summed E-state index contributed by atoms with van der Waals surface area (Å²) in [5.41, 5.74) is -1.83. The number of alkyl halides is 6. The molecular formula is C22H17F6N3O2. The van der Waals surface area contributed by atoms with Gasteiger partial charge < -0.3 is 10.1 Å². The predicted octanol–water partition coefficient (Wildman–Crippen LogP) is 5.61. The first-order valence-corrected chi connectivity index (χ1v) is 9.81. The van der Waals surface area contributed by atoms with E-state index in [4.69, 9.17) is 4.74 Å². The van der Waals surface area contributed by atoms with Crippen LogP contribution in [0.1, 0.15) is 23.6 Å². The Bertz CT molecular complexity index is 1210. The topological polar surface area (TPSA) is 56.1 Å². The number of benzene rings is 2. The molecular weight excluding hydrogens is 452 g/mol. The Morgan fingerprint density at radius 1 is 1.06 bits per heavy atom. The van der Waals surface area contributed by atoms with Crippen molar-refractivity contribution in [2.24, 2.45) is 5.92 Å². The molecule has 1 aliphatic rings. The van der Waals surface area contributed by atoms with Crippen LogP contribution in [0.3, 0.4) is 0 Å². The molecule has 0 fully saturated rings. The molecule has 174 valence electrons. The van der Waals surface area contributed by atoms with Crippen molar-refractivity contribution in [3.8, 4) is 0 Å². The van der Waals surface area contributed by atoms with Gasteiger partial charge in [-0.15, -0.1) is 0 Å². The Labute approximate surface area is 183 Å². The average molecular weight is 469 g/mol. The number of nitrogens with zero attached hydrogens (tertiary/aromatic N) is 2. The molecule has 5 nitrogen and oxygen atoms in total. The number of hydrogen-bond acceptors (Lipinski definition) is 3. The molecule has 1 aliphatic heterocycles. The molecule has 33 heavy (non-hydrogen) atoms. The quantitative estimate of drug-likeness (QED) is 0.506. The smallest absolute Gasteiger partial charge is 0.418 e. The summed E-state index contributed by atoms with van der Waals surface area (Å²) in [6.45, 7) is 1.44. The van der Waals surface area contributed by atoms with Crippen LogP contribution >= 0.6 is 0 Å². The van der Waals surface area contributed by atoms with Gasteiger partial charge in [-0.3, -0.25) is 9.48 Å². The molecule has 0 bridgehead atoms. The number of rotatable bonds is 4. The third kappa shape index (κ3) is 4.53. The second kappa shape index (κ2) is 8.13. The van der Waals surface area contributed by atoms with Crippen molar-refractivity contribution >= 4 is 22.6 Å². The fourth-order valence-corrected chi connectivity index (χ4v) is 3.64. The summed E-state index contributed by atoms with van der Waals surface area (Å²) in [6.07, 6.45) is -6.79. The number of para-hydroxylation sites is 1. The lowest BCUT2D eigenvalue weighted by molar-refractivity contribution is -0.138. The summed E-state index contributed by atoms with van der Waals surface area (Å²) in [4.78, 5) is 12.6. The van der Waals surface area contributed by atoms with Gasteiger partial charge in [0.2, 0.25) is 5.91 Å². The molecule has 3 aromatic rings. The molecule has 0 aliphatic carbocycles. The molecule has 11 heteroatoms. The number of halogens is 6. The standard InChI is InChI=1S/C22H17F6N3O2/c1-12-15(9-10-33-12)20(32)29-19-16-3-2-4-17(22(26,27)28)18(16)31(30-19)11-13-5-7-14(8-6-13)21(23,24)25/h2-10,12,15H,11H2,1H3,(H,29,30,32). The highest BCUT2D eigenvalue weighted by molar-refractivity contribution is 6.02. The molecule has 2 aromatic carbocycles. The van der Waals surface area contributed by atoms with Crippen molar-refractivity contribution in [1.29, 1.82) is 0 Å². The highest BCUT2D eigenvalue weighted by Gasteiger charge is 2.36. The van der Waals surface area contributed by atoms with E-state index in [0.29, 0.717) is 5.56 Å². The molecule has 0 saturated carbocycles. The Hall–Kier alpha value is -3.50. The molecule has 0 saturated heterocycles. The average Bonchev–Trinajstić information content (AvgIpc) is 3.31. The van der Waals surface area contributed by atoms with E-state index in [1.807, 2.05) is 0 Å². The normalized spacial score (nSPS) is 18.5. The third-order valence-corrected chi connectivity index (χ3v) is 5.32. The number of carbonyl (C=O) groups excluding carboxylic acids is 1. The predicted molar refractivity (Wildman–Crippen MR) is 107 cm³/mol. The van der Waals surface area contributed by atoms with Gasteiger partial charge in [-0.05, 0) is 42.8 Å². The fourth-order valence-electron chi connectivity index (χ4n) is 3.64. The van der Waals surface area contributed by atoms with Crippen LogP contribution in [0.4, 0.5) is 32.2 Å². The monoisotopic (exact) mass is 469 g/mol. The van der Waals surface area contributed by atoms with Crippen molar-refractivity contribution < 1.29 is 35.9 Å². The van der Waals surface area contributed by atoms with Crippen molar-refractivity contribution in [1.82, 2.24) is 9.78 Å². The van der Waals surface area contributed by atoms with E-state index in [-0.39, 0.29) is 23.3 Å². The molecule has 1 amide bonds. The van der Waals surface area contributed by atoms with Gasteiger partial charge >= 0.3 is 12.4 Å². The van der Waals surface area contributed by atoms with Gasteiger partial charge in [0.05, 0.1) is 35.4 Å². The van der Waals surface area contributed by atoms with Gasteiger partial charge in [0.1, 0.15) is 6.10 Å². The van der Waals surface area contributed by atoms with Crippen molar-refractivity contribution in [3.63, 3.8) is 0 Å². The summed E-state index contributed by atoms with van der Waals surface area (Å²) < 4.78 is 85.8. The maximum Gasteiger partial charge on any atom is 0.418 e. The molecule has 2 atom stereocenters. The lowest BCUT2D eigenvalue weighted by Gasteiger charge is -2.13. The summed E-state index contributed by atoms with van der Waals surface area (Å²) in [5, 5.41) is 6.77. The number of amides is 1. The van der Waals surface area contributed by atoms with Gasteiger partial charge in [-0.25, -0.2) is 0 Å². The van der Waals surface area contributed by atoms with Gasteiger partial charge in [0.15, 0.2) is 5.82 Å². The number of carbonyl (C=O) groups is 1. The third-order valence-electron chi connectivity index (χ3n) is 5.32. The zero-order valence-corrected chi connectivity index (χ0v) is 17.0. The molecule has 0 radical (unpaired) electrons. The SMILES string of the molecule is CC1OC=CC1C(=O)Nc1nn(Cc2ccc(C(F)(F)F)cc2)c2c(C(F)(F)F)cccc12. The summed E-state index contributed by atoms with van der Waals surface area (Å²) in [5.74, 6) is -1.24. The first-order chi connectivity index (χ1) is 15.4. The van der Waals surface area contributed by atoms with Gasteiger partial charge in [0.25, 0.3) is 0 Å². The number of hydrogen-bond donors (Lipinski definition) is 1. The second-order valence-electron chi connectivity index (χ2n) is 7.59. The highest BCUT2D eigenvalue weighted by Crippen LogP contribution is 2.37. The van der Waals surface area contributed by atoms with E-state index in [1.165, 1.54) is 36.6 Å². The van der Waals surface area contributed by atoms with E-state index in [9.17, 15) is 31.1 Å². The molecule has 1 aromatic heterocycles. The minimum absolute atomic E-state index is 0.0561. The largest absolute Gasteiger partial charge is 0.497 e. The van der Waals surface area contributed by atoms with Crippen LogP contribution in [0.25, 0.3) is 10.9 Å². The van der Waals surface area contributed by atoms with Gasteiger partial charge in [-0.2, -0.15) is 31.4 Å². The Balaban J connectivity index is 1.75. The number of fused-ring (bicyclic) bond motifs is 1. The lowest BCUT2D eigenvalue weighted by Crippen LogP contribution is -2.28. The van der Waals surface area contributed by atoms with Crippen molar-refractivity contribution in [2.75, 3.05) is 5.32 Å². The minimum atomic E-state index is -4.71. The minimum Gasteiger partial charge on any atom is -0.497 e.